The molecule has 0 saturated carbocycles. The topological polar surface area (TPSA) is 53.9 Å². The Labute approximate surface area is 167 Å². The van der Waals surface area contributed by atoms with Crippen LogP contribution in [-0.4, -0.2) is 31.9 Å². The first-order chi connectivity index (χ1) is 13.8. The molecule has 28 heavy (non-hydrogen) atoms. The molecule has 1 aliphatic rings. The van der Waals surface area contributed by atoms with Crippen molar-refractivity contribution in [2.75, 3.05) is 6.54 Å². The number of aromatic nitrogens is 3. The standard InChI is InChI=1S/C22H22N4OS/c27-21(14-20(16-9-13-28-15-16)25-10-3-4-11-25)26-12-5-8-19(26)22-23-17-6-1-2-7-18(17)24-22/h1-4,6-7,9-11,13,15,19-20H,5,8,12,14H2,(H,23,24)/t19-,20-/m0/s1. The summed E-state index contributed by atoms with van der Waals surface area (Å²) in [5.41, 5.74) is 3.18. The first-order valence-electron chi connectivity index (χ1n) is 9.68. The highest BCUT2D eigenvalue weighted by molar-refractivity contribution is 7.08. The second-order valence-corrected chi connectivity index (χ2v) is 8.07. The van der Waals surface area contributed by atoms with Gasteiger partial charge in [0.2, 0.25) is 5.91 Å². The molecular weight excluding hydrogens is 368 g/mol. The molecule has 5 nitrogen and oxygen atoms in total. The van der Waals surface area contributed by atoms with E-state index in [1.807, 2.05) is 53.7 Å². The van der Waals surface area contributed by atoms with Crippen molar-refractivity contribution < 1.29 is 4.79 Å². The number of thiophene rings is 1. The van der Waals surface area contributed by atoms with Gasteiger partial charge in [-0.05, 0) is 59.5 Å². The molecule has 0 radical (unpaired) electrons. The molecule has 6 heteroatoms. The summed E-state index contributed by atoms with van der Waals surface area (Å²) in [7, 11) is 0. The second-order valence-electron chi connectivity index (χ2n) is 7.29. The van der Waals surface area contributed by atoms with E-state index >= 15 is 0 Å². The summed E-state index contributed by atoms with van der Waals surface area (Å²) < 4.78 is 2.13. The zero-order valence-corrected chi connectivity index (χ0v) is 16.3. The SMILES string of the molecule is O=C(C[C@@H](c1ccsc1)n1cccc1)N1CCC[C@H]1c1nc2ccccc2[nH]1. The lowest BCUT2D eigenvalue weighted by Gasteiger charge is -2.26. The molecule has 1 aromatic carbocycles. The van der Waals surface area contributed by atoms with Crippen molar-refractivity contribution in [1.82, 2.24) is 19.4 Å². The summed E-state index contributed by atoms with van der Waals surface area (Å²) in [5, 5.41) is 4.21. The maximum atomic E-state index is 13.3. The van der Waals surface area contributed by atoms with E-state index in [9.17, 15) is 4.79 Å². The van der Waals surface area contributed by atoms with Gasteiger partial charge >= 0.3 is 0 Å². The normalized spacial score (nSPS) is 18.0. The smallest absolute Gasteiger partial charge is 0.225 e. The van der Waals surface area contributed by atoms with E-state index < -0.39 is 0 Å². The number of benzene rings is 1. The number of likely N-dealkylation sites (tertiary alicyclic amines) is 1. The summed E-state index contributed by atoms with van der Waals surface area (Å²) in [6, 6.07) is 14.2. The minimum atomic E-state index is 0.0330. The van der Waals surface area contributed by atoms with E-state index in [4.69, 9.17) is 4.98 Å². The molecule has 4 aromatic rings. The molecule has 2 atom stereocenters. The fraction of sp³-hybridized carbons (Fsp3) is 0.273. The number of H-pyrrole nitrogens is 1. The van der Waals surface area contributed by atoms with Crippen LogP contribution in [0.3, 0.4) is 0 Å². The number of rotatable bonds is 5. The van der Waals surface area contributed by atoms with Gasteiger partial charge in [-0.2, -0.15) is 11.3 Å². The number of aromatic amines is 1. The van der Waals surface area contributed by atoms with Gasteiger partial charge in [-0.1, -0.05) is 12.1 Å². The third-order valence-electron chi connectivity index (χ3n) is 5.58. The number of carbonyl (C=O) groups is 1. The van der Waals surface area contributed by atoms with Crippen LogP contribution >= 0.6 is 11.3 Å². The van der Waals surface area contributed by atoms with Gasteiger partial charge in [-0.25, -0.2) is 4.98 Å². The van der Waals surface area contributed by atoms with Gasteiger partial charge in [-0.3, -0.25) is 4.79 Å². The molecule has 1 N–H and O–H groups in total. The Kier molecular flexibility index (Phi) is 4.49. The molecule has 0 aliphatic carbocycles. The summed E-state index contributed by atoms with van der Waals surface area (Å²) in [6.07, 6.45) is 6.51. The van der Waals surface area contributed by atoms with E-state index in [0.717, 1.165) is 36.2 Å². The van der Waals surface area contributed by atoms with Gasteiger partial charge in [0.25, 0.3) is 0 Å². The van der Waals surface area contributed by atoms with Gasteiger partial charge < -0.3 is 14.5 Å². The van der Waals surface area contributed by atoms with Crippen LogP contribution in [0.4, 0.5) is 0 Å². The highest BCUT2D eigenvalue weighted by Crippen LogP contribution is 2.34. The van der Waals surface area contributed by atoms with E-state index in [1.165, 1.54) is 5.56 Å². The summed E-state index contributed by atoms with van der Waals surface area (Å²) >= 11 is 1.67. The number of hydrogen-bond acceptors (Lipinski definition) is 3. The van der Waals surface area contributed by atoms with Crippen LogP contribution in [0, 0.1) is 0 Å². The number of carbonyl (C=O) groups excluding carboxylic acids is 1. The molecule has 1 amide bonds. The Morgan fingerprint density at radius 1 is 1.21 bits per heavy atom. The zero-order valence-electron chi connectivity index (χ0n) is 15.5. The average Bonchev–Trinajstić information content (AvgIpc) is 3.51. The average molecular weight is 391 g/mol. The molecule has 1 aliphatic heterocycles. The Morgan fingerprint density at radius 2 is 2.07 bits per heavy atom. The van der Waals surface area contributed by atoms with E-state index in [1.54, 1.807) is 11.3 Å². The van der Waals surface area contributed by atoms with Crippen LogP contribution < -0.4 is 0 Å². The van der Waals surface area contributed by atoms with Gasteiger partial charge in [0.15, 0.2) is 0 Å². The first kappa shape index (κ1) is 17.3. The molecule has 1 fully saturated rings. The maximum absolute atomic E-state index is 13.3. The number of imidazole rings is 1. The van der Waals surface area contributed by atoms with Crippen molar-refractivity contribution in [3.8, 4) is 0 Å². The van der Waals surface area contributed by atoms with Crippen molar-refractivity contribution in [1.29, 1.82) is 0 Å². The van der Waals surface area contributed by atoms with E-state index in [0.29, 0.717) is 6.42 Å². The van der Waals surface area contributed by atoms with Crippen LogP contribution in [0.15, 0.2) is 65.6 Å². The molecule has 5 rings (SSSR count). The number of fused-ring (bicyclic) bond motifs is 1. The zero-order chi connectivity index (χ0) is 18.9. The van der Waals surface area contributed by atoms with Gasteiger partial charge in [-0.15, -0.1) is 0 Å². The third kappa shape index (κ3) is 3.14. The molecule has 3 aromatic heterocycles. The summed E-state index contributed by atoms with van der Waals surface area (Å²) in [5.74, 6) is 1.09. The summed E-state index contributed by atoms with van der Waals surface area (Å²) in [4.78, 5) is 23.5. The van der Waals surface area contributed by atoms with Gasteiger partial charge in [0.1, 0.15) is 5.82 Å². The van der Waals surface area contributed by atoms with Crippen LogP contribution in [-0.2, 0) is 4.79 Å². The second kappa shape index (κ2) is 7.28. The number of nitrogens with one attached hydrogen (secondary N) is 1. The minimum absolute atomic E-state index is 0.0330. The minimum Gasteiger partial charge on any atom is -0.346 e. The fourth-order valence-corrected chi connectivity index (χ4v) is 4.89. The van der Waals surface area contributed by atoms with Crippen molar-refractivity contribution >= 4 is 28.3 Å². The molecular formula is C22H22N4OS. The Balaban J connectivity index is 1.40. The Bertz CT molecular complexity index is 1000. The Morgan fingerprint density at radius 3 is 2.86 bits per heavy atom. The highest BCUT2D eigenvalue weighted by atomic mass is 32.1. The molecule has 4 heterocycles. The van der Waals surface area contributed by atoms with Crippen molar-refractivity contribution in [2.24, 2.45) is 0 Å². The monoisotopic (exact) mass is 390 g/mol. The largest absolute Gasteiger partial charge is 0.346 e. The lowest BCUT2D eigenvalue weighted by molar-refractivity contribution is -0.132. The van der Waals surface area contributed by atoms with Crippen LogP contribution in [0.2, 0.25) is 0 Å². The van der Waals surface area contributed by atoms with Crippen molar-refractivity contribution in [3.05, 3.63) is 77.0 Å². The molecule has 0 unspecified atom stereocenters. The predicted octanol–water partition coefficient (Wildman–Crippen LogP) is 4.77. The number of hydrogen-bond donors (Lipinski definition) is 1. The van der Waals surface area contributed by atoms with Crippen molar-refractivity contribution in [2.45, 2.75) is 31.3 Å². The highest BCUT2D eigenvalue weighted by Gasteiger charge is 2.33. The molecule has 142 valence electrons. The van der Waals surface area contributed by atoms with Gasteiger partial charge in [0, 0.05) is 18.9 Å². The van der Waals surface area contributed by atoms with E-state index in [-0.39, 0.29) is 18.0 Å². The first-order valence-corrected chi connectivity index (χ1v) is 10.6. The molecule has 0 spiro atoms. The maximum Gasteiger partial charge on any atom is 0.225 e. The van der Waals surface area contributed by atoms with Crippen LogP contribution in [0.1, 0.15) is 42.7 Å². The lowest BCUT2D eigenvalue weighted by atomic mass is 10.1. The van der Waals surface area contributed by atoms with Crippen molar-refractivity contribution in [3.63, 3.8) is 0 Å². The quantitative estimate of drug-likeness (QED) is 0.534. The number of para-hydroxylation sites is 2. The lowest BCUT2D eigenvalue weighted by Crippen LogP contribution is -2.33. The Hall–Kier alpha value is -2.86. The summed E-state index contributed by atoms with van der Waals surface area (Å²) in [6.45, 7) is 0.794. The number of amides is 1. The van der Waals surface area contributed by atoms with Gasteiger partial charge in [0.05, 0.1) is 29.5 Å². The van der Waals surface area contributed by atoms with Crippen LogP contribution in [0.25, 0.3) is 11.0 Å². The van der Waals surface area contributed by atoms with Crippen LogP contribution in [0.5, 0.6) is 0 Å². The third-order valence-corrected chi connectivity index (χ3v) is 6.28. The fourth-order valence-electron chi connectivity index (χ4n) is 4.18. The van der Waals surface area contributed by atoms with E-state index in [2.05, 4.69) is 26.4 Å². The molecule has 1 saturated heterocycles. The molecule has 0 bridgehead atoms. The predicted molar refractivity (Wildman–Crippen MR) is 111 cm³/mol. The number of nitrogens with zero attached hydrogens (tertiary/aromatic N) is 3.